The fourth-order valence-electron chi connectivity index (χ4n) is 1.92. The van der Waals surface area contributed by atoms with Crippen LogP contribution in [0.4, 0.5) is 0 Å². The third-order valence-corrected chi connectivity index (χ3v) is 4.87. The molecule has 0 radical (unpaired) electrons. The molecule has 0 heterocycles. The summed E-state index contributed by atoms with van der Waals surface area (Å²) in [5, 5.41) is 10.4. The molecule has 20 heavy (non-hydrogen) atoms. The molecule has 0 aliphatic rings. The molecule has 1 atom stereocenters. The largest absolute Gasteiger partial charge is 0.387 e. The van der Waals surface area contributed by atoms with E-state index in [0.29, 0.717) is 16.1 Å². The highest BCUT2D eigenvalue weighted by molar-refractivity contribution is 7.90. The average Bonchev–Trinajstić information content (AvgIpc) is 2.41. The van der Waals surface area contributed by atoms with E-state index < -0.39 is 15.9 Å². The number of halogens is 1. The minimum atomic E-state index is -3.44. The van der Waals surface area contributed by atoms with Crippen molar-refractivity contribution in [3.05, 3.63) is 70.7 Å². The molecule has 0 spiro atoms. The Labute approximate surface area is 123 Å². The number of rotatable bonds is 5. The maximum Gasteiger partial charge on any atom is 0.157 e. The molecular weight excluding hydrogens is 296 g/mol. The monoisotopic (exact) mass is 310 g/mol. The maximum atomic E-state index is 12.1. The molecule has 2 aromatic rings. The summed E-state index contributed by atoms with van der Waals surface area (Å²) in [7, 11) is -3.44. The van der Waals surface area contributed by atoms with Crippen molar-refractivity contribution in [2.45, 2.75) is 11.9 Å². The predicted molar refractivity (Wildman–Crippen MR) is 80.3 cm³/mol. The first-order chi connectivity index (χ1) is 9.48. The summed E-state index contributed by atoms with van der Waals surface area (Å²) in [5.41, 5.74) is 1.14. The Morgan fingerprint density at radius 2 is 1.60 bits per heavy atom. The summed E-state index contributed by atoms with van der Waals surface area (Å²) in [6, 6.07) is 15.6. The van der Waals surface area contributed by atoms with Crippen LogP contribution in [-0.4, -0.2) is 19.3 Å². The molecule has 0 fully saturated rings. The summed E-state index contributed by atoms with van der Waals surface area (Å²) in [6.07, 6.45) is -1.02. The maximum absolute atomic E-state index is 12.1. The Bertz CT molecular complexity index is 669. The molecule has 0 aromatic heterocycles. The molecule has 3 nitrogen and oxygen atoms in total. The third-order valence-electron chi connectivity index (χ3n) is 2.93. The lowest BCUT2D eigenvalue weighted by Gasteiger charge is -2.12. The van der Waals surface area contributed by atoms with Gasteiger partial charge in [0.25, 0.3) is 0 Å². The molecule has 0 amide bonds. The highest BCUT2D eigenvalue weighted by atomic mass is 35.5. The van der Waals surface area contributed by atoms with Crippen LogP contribution in [0.5, 0.6) is 0 Å². The molecule has 106 valence electrons. The SMILES string of the molecule is O=S(=O)(Cc1ccccc1Cl)CC(O)c1ccccc1. The molecule has 5 heteroatoms. The molecular formula is C15H15ClO3S. The van der Waals surface area contributed by atoms with E-state index in [0.717, 1.165) is 0 Å². The zero-order valence-corrected chi connectivity index (χ0v) is 12.3. The lowest BCUT2D eigenvalue weighted by molar-refractivity contribution is 0.201. The number of aliphatic hydroxyl groups is 1. The van der Waals surface area contributed by atoms with Gasteiger partial charge in [0, 0.05) is 5.02 Å². The van der Waals surface area contributed by atoms with Gasteiger partial charge in [-0.15, -0.1) is 0 Å². The van der Waals surface area contributed by atoms with Crippen LogP contribution in [0.25, 0.3) is 0 Å². The van der Waals surface area contributed by atoms with Crippen molar-refractivity contribution in [2.75, 3.05) is 5.75 Å². The lowest BCUT2D eigenvalue weighted by Crippen LogP contribution is -2.16. The highest BCUT2D eigenvalue weighted by Crippen LogP contribution is 2.21. The molecule has 2 aromatic carbocycles. The topological polar surface area (TPSA) is 54.4 Å². The fraction of sp³-hybridized carbons (Fsp3) is 0.200. The highest BCUT2D eigenvalue weighted by Gasteiger charge is 2.20. The van der Waals surface area contributed by atoms with Crippen LogP contribution in [0.1, 0.15) is 17.2 Å². The van der Waals surface area contributed by atoms with Crippen LogP contribution < -0.4 is 0 Å². The second kappa shape index (κ2) is 6.39. The van der Waals surface area contributed by atoms with Gasteiger partial charge in [-0.1, -0.05) is 60.1 Å². The van der Waals surface area contributed by atoms with E-state index in [-0.39, 0.29) is 11.5 Å². The summed E-state index contributed by atoms with van der Waals surface area (Å²) in [5.74, 6) is -0.487. The van der Waals surface area contributed by atoms with Crippen molar-refractivity contribution in [3.63, 3.8) is 0 Å². The molecule has 0 saturated heterocycles. The number of hydrogen-bond donors (Lipinski definition) is 1. The van der Waals surface area contributed by atoms with Gasteiger partial charge in [-0.05, 0) is 17.2 Å². The molecule has 1 N–H and O–H groups in total. The Morgan fingerprint density at radius 3 is 2.25 bits per heavy atom. The van der Waals surface area contributed by atoms with Gasteiger partial charge in [-0.25, -0.2) is 8.42 Å². The first-order valence-electron chi connectivity index (χ1n) is 6.15. The van der Waals surface area contributed by atoms with E-state index in [1.54, 1.807) is 48.5 Å². The first-order valence-corrected chi connectivity index (χ1v) is 8.35. The Balaban J connectivity index is 2.10. The van der Waals surface area contributed by atoms with Crippen LogP contribution in [0.2, 0.25) is 5.02 Å². The van der Waals surface area contributed by atoms with E-state index in [2.05, 4.69) is 0 Å². The molecule has 0 saturated carbocycles. The molecule has 0 aliphatic carbocycles. The second-order valence-electron chi connectivity index (χ2n) is 4.57. The molecule has 0 bridgehead atoms. The van der Waals surface area contributed by atoms with E-state index >= 15 is 0 Å². The van der Waals surface area contributed by atoms with E-state index in [9.17, 15) is 13.5 Å². The minimum absolute atomic E-state index is 0.170. The van der Waals surface area contributed by atoms with Gasteiger partial charge in [0.1, 0.15) is 0 Å². The Kier molecular flexibility index (Phi) is 4.81. The van der Waals surface area contributed by atoms with Gasteiger partial charge >= 0.3 is 0 Å². The third kappa shape index (κ3) is 4.07. The van der Waals surface area contributed by atoms with Gasteiger partial charge in [0.2, 0.25) is 0 Å². The molecule has 0 aliphatic heterocycles. The summed E-state index contributed by atoms with van der Waals surface area (Å²) in [4.78, 5) is 0. The number of hydrogen-bond acceptors (Lipinski definition) is 3. The van der Waals surface area contributed by atoms with Crippen molar-refractivity contribution in [1.82, 2.24) is 0 Å². The zero-order chi connectivity index (χ0) is 14.6. The Hall–Kier alpha value is -1.36. The number of aliphatic hydroxyl groups excluding tert-OH is 1. The zero-order valence-electron chi connectivity index (χ0n) is 10.7. The van der Waals surface area contributed by atoms with Crippen molar-refractivity contribution in [2.24, 2.45) is 0 Å². The van der Waals surface area contributed by atoms with E-state index in [1.807, 2.05) is 6.07 Å². The average molecular weight is 311 g/mol. The van der Waals surface area contributed by atoms with Crippen molar-refractivity contribution < 1.29 is 13.5 Å². The normalized spacial score (nSPS) is 13.1. The molecule has 1 unspecified atom stereocenters. The van der Waals surface area contributed by atoms with Gasteiger partial charge in [0.05, 0.1) is 17.6 Å². The standard InChI is InChI=1S/C15H15ClO3S/c16-14-9-5-4-8-13(14)10-20(18,19)11-15(17)12-6-2-1-3-7-12/h1-9,15,17H,10-11H2. The summed E-state index contributed by atoms with van der Waals surface area (Å²) >= 11 is 5.96. The summed E-state index contributed by atoms with van der Waals surface area (Å²) < 4.78 is 24.2. The van der Waals surface area contributed by atoms with Crippen LogP contribution >= 0.6 is 11.6 Å². The van der Waals surface area contributed by atoms with E-state index in [4.69, 9.17) is 11.6 Å². The van der Waals surface area contributed by atoms with Gasteiger partial charge in [-0.2, -0.15) is 0 Å². The van der Waals surface area contributed by atoms with Gasteiger partial charge < -0.3 is 5.11 Å². The van der Waals surface area contributed by atoms with Crippen molar-refractivity contribution in [1.29, 1.82) is 0 Å². The summed E-state index contributed by atoms with van der Waals surface area (Å²) in [6.45, 7) is 0. The quantitative estimate of drug-likeness (QED) is 0.923. The van der Waals surface area contributed by atoms with Gasteiger partial charge in [-0.3, -0.25) is 0 Å². The first kappa shape index (κ1) is 15.0. The van der Waals surface area contributed by atoms with Crippen LogP contribution in [0, 0.1) is 0 Å². The Morgan fingerprint density at radius 1 is 1.00 bits per heavy atom. The second-order valence-corrected chi connectivity index (χ2v) is 7.09. The van der Waals surface area contributed by atoms with Crippen LogP contribution in [-0.2, 0) is 15.6 Å². The minimum Gasteiger partial charge on any atom is -0.387 e. The van der Waals surface area contributed by atoms with Crippen molar-refractivity contribution in [3.8, 4) is 0 Å². The number of benzene rings is 2. The van der Waals surface area contributed by atoms with Crippen molar-refractivity contribution >= 4 is 21.4 Å². The van der Waals surface area contributed by atoms with Gasteiger partial charge in [0.15, 0.2) is 9.84 Å². The molecule has 2 rings (SSSR count). The smallest absolute Gasteiger partial charge is 0.157 e. The van der Waals surface area contributed by atoms with E-state index in [1.165, 1.54) is 0 Å². The number of sulfone groups is 1. The lowest BCUT2D eigenvalue weighted by atomic mass is 10.1. The van der Waals surface area contributed by atoms with Crippen LogP contribution in [0.3, 0.4) is 0 Å². The fourth-order valence-corrected chi connectivity index (χ4v) is 3.72. The van der Waals surface area contributed by atoms with Crippen LogP contribution in [0.15, 0.2) is 54.6 Å². The predicted octanol–water partition coefficient (Wildman–Crippen LogP) is 2.99.